The molecule has 0 fully saturated rings. The highest BCUT2D eigenvalue weighted by Crippen LogP contribution is 2.34. The molecule has 0 aromatic heterocycles. The zero-order valence-electron chi connectivity index (χ0n) is 22.7. The number of hydrogen-bond donors (Lipinski definition) is 1. The van der Waals surface area contributed by atoms with Gasteiger partial charge in [0.1, 0.15) is 11.6 Å². The number of carbonyl (C=O) groups excluding carboxylic acids is 3. The molecule has 6 nitrogen and oxygen atoms in total. The molecule has 43 heavy (non-hydrogen) atoms. The summed E-state index contributed by atoms with van der Waals surface area (Å²) in [4.78, 5) is 39.6. The highest BCUT2D eigenvalue weighted by Gasteiger charge is 2.39. The van der Waals surface area contributed by atoms with Gasteiger partial charge in [0.2, 0.25) is 0 Å². The molecule has 3 aromatic rings. The Balaban J connectivity index is 1.98. The van der Waals surface area contributed by atoms with Gasteiger partial charge in [-0.15, -0.1) is 0 Å². The third-order valence-corrected chi connectivity index (χ3v) is 6.02. The van der Waals surface area contributed by atoms with Crippen LogP contribution in [0.2, 0.25) is 0 Å². The van der Waals surface area contributed by atoms with Crippen LogP contribution in [0, 0.1) is 17.5 Å². The lowest BCUT2D eigenvalue weighted by molar-refractivity contribution is -0.138. The molecule has 0 aliphatic rings. The first-order valence-corrected chi connectivity index (χ1v) is 12.1. The fraction of sp³-hybridized carbons (Fsp3) is 0.250. The second kappa shape index (κ2) is 11.6. The molecule has 0 spiro atoms. The lowest BCUT2D eigenvalue weighted by atomic mass is 10.0. The Morgan fingerprint density at radius 2 is 1.35 bits per heavy atom. The molecule has 230 valence electrons. The van der Waals surface area contributed by atoms with Gasteiger partial charge in [0.15, 0.2) is 5.82 Å². The first-order valence-electron chi connectivity index (χ1n) is 12.1. The van der Waals surface area contributed by atoms with Gasteiger partial charge in [0, 0.05) is 7.05 Å². The normalized spacial score (nSPS) is 12.1. The van der Waals surface area contributed by atoms with E-state index in [9.17, 15) is 49.5 Å². The van der Waals surface area contributed by atoms with Gasteiger partial charge in [0.25, 0.3) is 17.7 Å². The van der Waals surface area contributed by atoms with Crippen LogP contribution >= 0.6 is 0 Å². The van der Waals surface area contributed by atoms with Crippen molar-refractivity contribution in [2.24, 2.45) is 0 Å². The molecule has 1 N–H and O–H groups in total. The third kappa shape index (κ3) is 7.09. The van der Waals surface area contributed by atoms with Crippen molar-refractivity contribution < 1.29 is 53.9 Å². The number of hydrazine groups is 1. The molecule has 0 bridgehead atoms. The van der Waals surface area contributed by atoms with Crippen LogP contribution in [0.1, 0.15) is 63.0 Å². The molecule has 3 rings (SSSR count). The van der Waals surface area contributed by atoms with E-state index >= 15 is 4.39 Å². The van der Waals surface area contributed by atoms with Crippen molar-refractivity contribution in [2.75, 3.05) is 11.9 Å². The lowest BCUT2D eigenvalue weighted by Gasteiger charge is -2.36. The van der Waals surface area contributed by atoms with Crippen molar-refractivity contribution in [2.45, 2.75) is 38.7 Å². The van der Waals surface area contributed by atoms with Crippen LogP contribution in [0.3, 0.4) is 0 Å². The Hall–Kier alpha value is -4.56. The number of carbonyl (C=O) groups is 3. The highest BCUT2D eigenvalue weighted by molar-refractivity contribution is 6.07. The van der Waals surface area contributed by atoms with Crippen LogP contribution in [-0.4, -0.2) is 35.3 Å². The predicted octanol–water partition coefficient (Wildman–Crippen LogP) is 7.00. The van der Waals surface area contributed by atoms with E-state index in [0.717, 1.165) is 25.2 Å². The fourth-order valence-electron chi connectivity index (χ4n) is 3.85. The monoisotopic (exact) mass is 619 g/mol. The number of alkyl halides is 6. The number of benzene rings is 3. The summed E-state index contributed by atoms with van der Waals surface area (Å²) in [5, 5.41) is 0.469. The van der Waals surface area contributed by atoms with Gasteiger partial charge in [-0.25, -0.2) is 18.2 Å². The molecule has 15 heteroatoms. The topological polar surface area (TPSA) is 69.7 Å². The number of amides is 3. The predicted molar refractivity (Wildman–Crippen MR) is 135 cm³/mol. The maximum Gasteiger partial charge on any atom is 0.417 e. The van der Waals surface area contributed by atoms with Crippen molar-refractivity contribution >= 4 is 23.4 Å². The Morgan fingerprint density at radius 3 is 1.91 bits per heavy atom. The molecule has 0 atom stereocenters. The molecule has 0 saturated carbocycles. The minimum atomic E-state index is -5.16. The summed E-state index contributed by atoms with van der Waals surface area (Å²) < 4.78 is 123. The zero-order chi connectivity index (χ0) is 32.7. The van der Waals surface area contributed by atoms with E-state index in [1.165, 1.54) is 20.8 Å². The first kappa shape index (κ1) is 32.9. The number of hydrogen-bond acceptors (Lipinski definition) is 3. The van der Waals surface area contributed by atoms with Crippen LogP contribution in [0.4, 0.5) is 45.2 Å². The number of anilines is 1. The maximum atomic E-state index is 15.5. The van der Waals surface area contributed by atoms with Crippen molar-refractivity contribution in [3.05, 3.63) is 99.9 Å². The van der Waals surface area contributed by atoms with E-state index in [-0.39, 0.29) is 12.1 Å². The van der Waals surface area contributed by atoms with Crippen LogP contribution in [0.15, 0.2) is 54.6 Å². The average Bonchev–Trinajstić information content (AvgIpc) is 2.89. The van der Waals surface area contributed by atoms with E-state index < -0.39 is 86.6 Å². The van der Waals surface area contributed by atoms with Gasteiger partial charge in [0.05, 0.1) is 39.0 Å². The summed E-state index contributed by atoms with van der Waals surface area (Å²) >= 11 is 0. The molecule has 0 saturated heterocycles. The SMILES string of the molecule is CN(C(=O)c1cc(C(F)(F)F)ccc1F)c1cccc(C(=O)NN(C(=O)c2ccc(F)cc2C(F)(F)F)C(C)(C)C)c1F. The second-order valence-electron chi connectivity index (χ2n) is 10.1. The second-order valence-corrected chi connectivity index (χ2v) is 10.1. The summed E-state index contributed by atoms with van der Waals surface area (Å²) in [6.07, 6.45) is -10.1. The van der Waals surface area contributed by atoms with Gasteiger partial charge in [-0.2, -0.15) is 26.3 Å². The summed E-state index contributed by atoms with van der Waals surface area (Å²) in [5.41, 5.74) is -5.96. The Morgan fingerprint density at radius 1 is 0.721 bits per heavy atom. The molecule has 3 amide bonds. The van der Waals surface area contributed by atoms with E-state index in [1.807, 2.05) is 5.43 Å². The Labute approximate surface area is 238 Å². The molecule has 0 radical (unpaired) electrons. The van der Waals surface area contributed by atoms with Crippen LogP contribution in [-0.2, 0) is 12.4 Å². The fourth-order valence-corrected chi connectivity index (χ4v) is 3.85. The Bertz CT molecular complexity index is 1580. The van der Waals surface area contributed by atoms with Crippen LogP contribution in [0.25, 0.3) is 0 Å². The summed E-state index contributed by atoms with van der Waals surface area (Å²) in [5.74, 6) is -8.23. The number of nitrogens with zero attached hydrogens (tertiary/aromatic N) is 2. The van der Waals surface area contributed by atoms with E-state index in [2.05, 4.69) is 0 Å². The highest BCUT2D eigenvalue weighted by atomic mass is 19.4. The average molecular weight is 619 g/mol. The Kier molecular flexibility index (Phi) is 8.90. The smallest absolute Gasteiger partial charge is 0.309 e. The first-order chi connectivity index (χ1) is 19.6. The van der Waals surface area contributed by atoms with Gasteiger partial charge in [-0.05, 0) is 69.3 Å². The van der Waals surface area contributed by atoms with Gasteiger partial charge in [-0.1, -0.05) is 6.07 Å². The van der Waals surface area contributed by atoms with Crippen molar-refractivity contribution in [1.82, 2.24) is 10.4 Å². The molecule has 0 heterocycles. The zero-order valence-corrected chi connectivity index (χ0v) is 22.7. The van der Waals surface area contributed by atoms with Crippen molar-refractivity contribution in [1.29, 1.82) is 0 Å². The molecular formula is C28H22F9N3O3. The standard InChI is InChI=1S/C28H22F9N3O3/c1-26(2,3)40(25(43)16-10-9-15(29)13-19(16)28(35,36)37)38-23(41)17-6-5-7-21(22(17)31)39(4)24(42)18-12-14(27(32,33)34)8-11-20(18)30/h5-13H,1-4H3,(H,38,41). The van der Waals surface area contributed by atoms with Gasteiger partial charge >= 0.3 is 12.4 Å². The molecule has 0 aliphatic carbocycles. The number of rotatable bonds is 4. The number of halogens is 9. The number of nitrogens with one attached hydrogen (secondary N) is 1. The molecular weight excluding hydrogens is 597 g/mol. The minimum Gasteiger partial charge on any atom is -0.309 e. The van der Waals surface area contributed by atoms with E-state index in [1.54, 1.807) is 0 Å². The van der Waals surface area contributed by atoms with Gasteiger partial charge < -0.3 is 4.90 Å². The largest absolute Gasteiger partial charge is 0.417 e. The quantitative estimate of drug-likeness (QED) is 0.253. The van der Waals surface area contributed by atoms with Gasteiger partial charge in [-0.3, -0.25) is 19.8 Å². The van der Waals surface area contributed by atoms with Crippen LogP contribution in [0.5, 0.6) is 0 Å². The van der Waals surface area contributed by atoms with E-state index in [4.69, 9.17) is 0 Å². The van der Waals surface area contributed by atoms with Crippen molar-refractivity contribution in [3.63, 3.8) is 0 Å². The maximum absolute atomic E-state index is 15.5. The summed E-state index contributed by atoms with van der Waals surface area (Å²) in [7, 11) is 0.903. The summed E-state index contributed by atoms with van der Waals surface area (Å²) in [6, 6.07) is 5.23. The molecule has 0 aliphatic heterocycles. The third-order valence-electron chi connectivity index (χ3n) is 6.02. The lowest BCUT2D eigenvalue weighted by Crippen LogP contribution is -2.56. The van der Waals surface area contributed by atoms with Crippen LogP contribution < -0.4 is 10.3 Å². The minimum absolute atomic E-state index is 0.0963. The summed E-state index contributed by atoms with van der Waals surface area (Å²) in [6.45, 7) is 3.97. The van der Waals surface area contributed by atoms with E-state index in [0.29, 0.717) is 34.2 Å². The molecule has 0 unspecified atom stereocenters. The molecule has 3 aromatic carbocycles. The van der Waals surface area contributed by atoms with Crippen molar-refractivity contribution in [3.8, 4) is 0 Å².